The number of benzene rings is 2. The summed E-state index contributed by atoms with van der Waals surface area (Å²) >= 11 is 0. The standard InChI is InChI=1S/C20H26FN3O3.HI/c1-22-20(23-10-11-27-18-7-5-17(26-3)6-8-18)24-13-15-4-9-19(21)16(12-15)14-25-2;/h4-9,12H,10-11,13-14H2,1-3H3,(H2,22,23,24);1H. The van der Waals surface area contributed by atoms with Gasteiger partial charge in [0.2, 0.25) is 0 Å². The van der Waals surface area contributed by atoms with Crippen molar-refractivity contribution in [3.8, 4) is 11.5 Å². The fourth-order valence-electron chi connectivity index (χ4n) is 2.42. The maximum atomic E-state index is 13.7. The van der Waals surface area contributed by atoms with E-state index in [-0.39, 0.29) is 36.4 Å². The molecule has 0 unspecified atom stereocenters. The molecule has 0 heterocycles. The third kappa shape index (κ3) is 7.89. The molecule has 2 aromatic rings. The Balaban J connectivity index is 0.00000392. The van der Waals surface area contributed by atoms with Gasteiger partial charge in [-0.15, -0.1) is 24.0 Å². The molecular weight excluding hydrogens is 476 g/mol. The molecular formula is C20H27FIN3O3. The van der Waals surface area contributed by atoms with Crippen molar-refractivity contribution in [3.05, 3.63) is 59.4 Å². The lowest BCUT2D eigenvalue weighted by atomic mass is 10.1. The van der Waals surface area contributed by atoms with Crippen LogP contribution < -0.4 is 20.1 Å². The molecule has 0 saturated heterocycles. The van der Waals surface area contributed by atoms with Crippen LogP contribution in [0.2, 0.25) is 0 Å². The second-order valence-corrected chi connectivity index (χ2v) is 5.74. The van der Waals surface area contributed by atoms with Gasteiger partial charge in [0, 0.05) is 26.3 Å². The zero-order chi connectivity index (χ0) is 19.5. The summed E-state index contributed by atoms with van der Waals surface area (Å²) in [6.45, 7) is 1.84. The Morgan fingerprint density at radius 3 is 2.39 bits per heavy atom. The third-order valence-electron chi connectivity index (χ3n) is 3.82. The second-order valence-electron chi connectivity index (χ2n) is 5.74. The lowest BCUT2D eigenvalue weighted by molar-refractivity contribution is 0.181. The van der Waals surface area contributed by atoms with E-state index in [1.54, 1.807) is 33.4 Å². The van der Waals surface area contributed by atoms with E-state index < -0.39 is 0 Å². The Bertz CT molecular complexity index is 742. The molecule has 0 aromatic heterocycles. The number of ether oxygens (including phenoxy) is 3. The minimum Gasteiger partial charge on any atom is -0.497 e. The summed E-state index contributed by atoms with van der Waals surface area (Å²) in [7, 11) is 4.87. The zero-order valence-corrected chi connectivity index (χ0v) is 18.7. The summed E-state index contributed by atoms with van der Waals surface area (Å²) in [6, 6.07) is 12.4. The lowest BCUT2D eigenvalue weighted by Gasteiger charge is -2.13. The van der Waals surface area contributed by atoms with Crippen LogP contribution in [0.3, 0.4) is 0 Å². The molecule has 2 N–H and O–H groups in total. The molecule has 154 valence electrons. The van der Waals surface area contributed by atoms with E-state index >= 15 is 0 Å². The van der Waals surface area contributed by atoms with Crippen molar-refractivity contribution in [2.75, 3.05) is 34.4 Å². The van der Waals surface area contributed by atoms with Crippen LogP contribution in [0.25, 0.3) is 0 Å². The maximum Gasteiger partial charge on any atom is 0.191 e. The highest BCUT2D eigenvalue weighted by molar-refractivity contribution is 14.0. The van der Waals surface area contributed by atoms with Crippen molar-refractivity contribution in [3.63, 3.8) is 0 Å². The van der Waals surface area contributed by atoms with Gasteiger partial charge < -0.3 is 24.8 Å². The van der Waals surface area contributed by atoms with Crippen molar-refractivity contribution in [1.29, 1.82) is 0 Å². The Kier molecular flexibility index (Phi) is 11.3. The molecule has 0 atom stereocenters. The molecule has 8 heteroatoms. The Labute approximate surface area is 182 Å². The van der Waals surface area contributed by atoms with E-state index in [1.165, 1.54) is 6.07 Å². The summed E-state index contributed by atoms with van der Waals surface area (Å²) in [6.07, 6.45) is 0. The van der Waals surface area contributed by atoms with E-state index in [4.69, 9.17) is 14.2 Å². The highest BCUT2D eigenvalue weighted by Gasteiger charge is 2.04. The maximum absolute atomic E-state index is 13.7. The number of rotatable bonds is 9. The molecule has 2 aromatic carbocycles. The first kappa shape index (κ1) is 24.0. The van der Waals surface area contributed by atoms with Gasteiger partial charge in [0.05, 0.1) is 20.3 Å². The average molecular weight is 503 g/mol. The molecule has 0 fully saturated rings. The van der Waals surface area contributed by atoms with Crippen LogP contribution in [0.1, 0.15) is 11.1 Å². The van der Waals surface area contributed by atoms with Crippen LogP contribution in [-0.4, -0.2) is 40.4 Å². The number of guanidine groups is 1. The number of halogens is 2. The minimum atomic E-state index is -0.265. The van der Waals surface area contributed by atoms with Gasteiger partial charge >= 0.3 is 0 Å². The minimum absolute atomic E-state index is 0. The van der Waals surface area contributed by atoms with Crippen LogP contribution in [0.4, 0.5) is 4.39 Å². The highest BCUT2D eigenvalue weighted by atomic mass is 127. The molecule has 0 saturated carbocycles. The van der Waals surface area contributed by atoms with Crippen LogP contribution in [-0.2, 0) is 17.9 Å². The number of nitrogens with one attached hydrogen (secondary N) is 2. The van der Waals surface area contributed by atoms with E-state index in [0.717, 1.165) is 17.1 Å². The first-order valence-corrected chi connectivity index (χ1v) is 8.64. The predicted octanol–water partition coefficient (Wildman–Crippen LogP) is 3.34. The molecule has 6 nitrogen and oxygen atoms in total. The van der Waals surface area contributed by atoms with Crippen molar-refractivity contribution >= 4 is 29.9 Å². The van der Waals surface area contributed by atoms with E-state index in [2.05, 4.69) is 15.6 Å². The summed E-state index contributed by atoms with van der Waals surface area (Å²) in [4.78, 5) is 4.17. The number of hydrogen-bond acceptors (Lipinski definition) is 4. The predicted molar refractivity (Wildman–Crippen MR) is 119 cm³/mol. The second kappa shape index (κ2) is 13.2. The van der Waals surface area contributed by atoms with Gasteiger partial charge in [-0.2, -0.15) is 0 Å². The number of hydrogen-bond donors (Lipinski definition) is 2. The Morgan fingerprint density at radius 2 is 1.75 bits per heavy atom. The van der Waals surface area contributed by atoms with Crippen LogP contribution in [0.15, 0.2) is 47.5 Å². The summed E-state index contributed by atoms with van der Waals surface area (Å²) < 4.78 is 29.4. The van der Waals surface area contributed by atoms with Crippen LogP contribution >= 0.6 is 24.0 Å². The third-order valence-corrected chi connectivity index (χ3v) is 3.82. The fraction of sp³-hybridized carbons (Fsp3) is 0.350. The SMILES string of the molecule is CN=C(NCCOc1ccc(OC)cc1)NCc1ccc(F)c(COC)c1.I. The van der Waals surface area contributed by atoms with Gasteiger partial charge in [0.1, 0.15) is 23.9 Å². The number of aliphatic imine (C=N–C) groups is 1. The molecule has 0 radical (unpaired) electrons. The first-order chi connectivity index (χ1) is 13.2. The highest BCUT2D eigenvalue weighted by Crippen LogP contribution is 2.16. The van der Waals surface area contributed by atoms with Gasteiger partial charge in [-0.25, -0.2) is 4.39 Å². The molecule has 0 aliphatic carbocycles. The van der Waals surface area contributed by atoms with Crippen LogP contribution in [0, 0.1) is 5.82 Å². The summed E-state index contributed by atoms with van der Waals surface area (Å²) in [5.74, 6) is 1.95. The van der Waals surface area contributed by atoms with Crippen LogP contribution in [0.5, 0.6) is 11.5 Å². The molecule has 0 bridgehead atoms. The fourth-order valence-corrected chi connectivity index (χ4v) is 2.42. The molecule has 0 spiro atoms. The van der Waals surface area contributed by atoms with E-state index in [0.29, 0.717) is 31.2 Å². The monoisotopic (exact) mass is 503 g/mol. The number of methoxy groups -OCH3 is 2. The van der Waals surface area contributed by atoms with Gasteiger partial charge in [0.25, 0.3) is 0 Å². The quantitative estimate of drug-likeness (QED) is 0.238. The largest absolute Gasteiger partial charge is 0.497 e. The van der Waals surface area contributed by atoms with Gasteiger partial charge in [-0.05, 0) is 42.0 Å². The number of nitrogens with zero attached hydrogens (tertiary/aromatic N) is 1. The zero-order valence-electron chi connectivity index (χ0n) is 16.3. The average Bonchev–Trinajstić information content (AvgIpc) is 2.70. The van der Waals surface area contributed by atoms with Gasteiger partial charge in [0.15, 0.2) is 5.96 Å². The molecule has 0 aliphatic rings. The van der Waals surface area contributed by atoms with Crippen molar-refractivity contribution in [2.45, 2.75) is 13.2 Å². The topological polar surface area (TPSA) is 64.1 Å². The molecule has 2 rings (SSSR count). The Hall–Kier alpha value is -2.07. The van der Waals surface area contributed by atoms with Crippen molar-refractivity contribution in [2.24, 2.45) is 4.99 Å². The molecule has 0 aliphatic heterocycles. The van der Waals surface area contributed by atoms with E-state index in [9.17, 15) is 4.39 Å². The smallest absolute Gasteiger partial charge is 0.191 e. The van der Waals surface area contributed by atoms with Gasteiger partial charge in [-0.3, -0.25) is 4.99 Å². The van der Waals surface area contributed by atoms with Crippen molar-refractivity contribution in [1.82, 2.24) is 10.6 Å². The van der Waals surface area contributed by atoms with E-state index in [1.807, 2.05) is 24.3 Å². The van der Waals surface area contributed by atoms with Crippen molar-refractivity contribution < 1.29 is 18.6 Å². The summed E-state index contributed by atoms with van der Waals surface area (Å²) in [5, 5.41) is 6.37. The Morgan fingerprint density at radius 1 is 1.04 bits per heavy atom. The molecule has 28 heavy (non-hydrogen) atoms. The molecule has 0 amide bonds. The lowest BCUT2D eigenvalue weighted by Crippen LogP contribution is -2.38. The normalized spacial score (nSPS) is 10.8. The summed E-state index contributed by atoms with van der Waals surface area (Å²) in [5.41, 5.74) is 1.48. The van der Waals surface area contributed by atoms with Gasteiger partial charge in [-0.1, -0.05) is 6.07 Å². The first-order valence-electron chi connectivity index (χ1n) is 8.64.